The van der Waals surface area contributed by atoms with Gasteiger partial charge in [0.05, 0.1) is 0 Å². The lowest BCUT2D eigenvalue weighted by molar-refractivity contribution is -0.200. The first-order valence-corrected chi connectivity index (χ1v) is 9.77. The third kappa shape index (κ3) is 9.91. The van der Waals surface area contributed by atoms with E-state index in [2.05, 4.69) is 20.8 Å². The molecule has 1 aliphatic rings. The fraction of sp³-hybridized carbons (Fsp3) is 0.632. The number of anilines is 1. The Kier molecular flexibility index (Phi) is 10.2. The van der Waals surface area contributed by atoms with Gasteiger partial charge in [-0.3, -0.25) is 14.8 Å². The molecule has 0 radical (unpaired) electrons. The van der Waals surface area contributed by atoms with Crippen LogP contribution in [-0.2, 0) is 14.4 Å². The van der Waals surface area contributed by atoms with Crippen LogP contribution in [0.2, 0.25) is 0 Å². The van der Waals surface area contributed by atoms with Gasteiger partial charge in [0.1, 0.15) is 0 Å². The molecule has 0 bridgehead atoms. The van der Waals surface area contributed by atoms with Gasteiger partial charge in [-0.2, -0.15) is 0 Å². The van der Waals surface area contributed by atoms with E-state index in [1.807, 2.05) is 12.1 Å². The minimum absolute atomic E-state index is 0.0799. The first-order chi connectivity index (χ1) is 13.2. The van der Waals surface area contributed by atoms with Crippen molar-refractivity contribution in [2.75, 3.05) is 18.5 Å². The van der Waals surface area contributed by atoms with Gasteiger partial charge in [0.15, 0.2) is 12.2 Å². The number of hydroxylamine groups is 1. The lowest BCUT2D eigenvalue weighted by Gasteiger charge is -2.22. The number of aromatic nitrogens is 1. The first kappa shape index (κ1) is 21.1. The van der Waals surface area contributed by atoms with Crippen molar-refractivity contribution in [2.24, 2.45) is 10.7 Å². The van der Waals surface area contributed by atoms with Crippen LogP contribution in [-0.4, -0.2) is 36.3 Å². The Morgan fingerprint density at radius 2 is 2.00 bits per heavy atom. The Balaban J connectivity index is 1.41. The second-order valence-corrected chi connectivity index (χ2v) is 6.58. The van der Waals surface area contributed by atoms with Gasteiger partial charge in [-0.25, -0.2) is 10.3 Å². The van der Waals surface area contributed by atoms with Crippen LogP contribution in [0, 0.1) is 0 Å². The van der Waals surface area contributed by atoms with Crippen molar-refractivity contribution in [1.29, 1.82) is 0 Å². The number of nitrogens with zero attached hydrogens (tertiary/aromatic N) is 2. The summed E-state index contributed by atoms with van der Waals surface area (Å²) in [6, 6.07) is 3.68. The summed E-state index contributed by atoms with van der Waals surface area (Å²) in [5.74, 6) is 0.337. The van der Waals surface area contributed by atoms with Crippen LogP contribution in [0.5, 0.6) is 0 Å². The minimum atomic E-state index is -0.288. The van der Waals surface area contributed by atoms with E-state index in [0.717, 1.165) is 57.1 Å². The Morgan fingerprint density at radius 3 is 2.78 bits per heavy atom. The van der Waals surface area contributed by atoms with Gasteiger partial charge in [-0.15, -0.1) is 0 Å². The number of guanidine groups is 1. The average molecular weight is 377 g/mol. The van der Waals surface area contributed by atoms with Gasteiger partial charge >= 0.3 is 0 Å². The van der Waals surface area contributed by atoms with E-state index in [0.29, 0.717) is 25.5 Å². The molecule has 0 spiro atoms. The zero-order valence-corrected chi connectivity index (χ0v) is 15.9. The number of hydrogen-bond donors (Lipinski definition) is 3. The molecule has 27 heavy (non-hydrogen) atoms. The Bertz CT molecular complexity index is 562. The lowest BCUT2D eigenvalue weighted by Crippen LogP contribution is -2.32. The largest absolute Gasteiger partial charge is 0.370 e. The fourth-order valence-electron chi connectivity index (χ4n) is 2.74. The Hall–Kier alpha value is -2.19. The summed E-state index contributed by atoms with van der Waals surface area (Å²) in [6.45, 7) is 1.40. The zero-order chi connectivity index (χ0) is 19.2. The monoisotopic (exact) mass is 377 g/mol. The van der Waals surface area contributed by atoms with E-state index in [1.165, 1.54) is 0 Å². The minimum Gasteiger partial charge on any atom is -0.370 e. The van der Waals surface area contributed by atoms with Crippen molar-refractivity contribution in [2.45, 2.75) is 64.1 Å². The van der Waals surface area contributed by atoms with E-state index >= 15 is 0 Å². The van der Waals surface area contributed by atoms with Crippen molar-refractivity contribution >= 4 is 17.6 Å². The predicted octanol–water partition coefficient (Wildman–Crippen LogP) is 2.72. The van der Waals surface area contributed by atoms with Crippen LogP contribution in [0.3, 0.4) is 0 Å². The SMILES string of the molecule is NC(=NCCCCCCCC(=O)NOC1CCCCO1)Nc1ccncc1. The predicted molar refractivity (Wildman–Crippen MR) is 105 cm³/mol. The Labute approximate surface area is 160 Å². The summed E-state index contributed by atoms with van der Waals surface area (Å²) in [5.41, 5.74) is 9.20. The van der Waals surface area contributed by atoms with Crippen LogP contribution in [0.15, 0.2) is 29.5 Å². The molecule has 4 N–H and O–H groups in total. The number of hydrogen-bond acceptors (Lipinski definition) is 5. The molecule has 8 heteroatoms. The highest BCUT2D eigenvalue weighted by atomic mass is 16.8. The van der Waals surface area contributed by atoms with Gasteiger partial charge < -0.3 is 15.8 Å². The molecular formula is C19H31N5O3. The van der Waals surface area contributed by atoms with Gasteiger partial charge in [0.25, 0.3) is 0 Å². The molecule has 0 saturated carbocycles. The smallest absolute Gasteiger partial charge is 0.243 e. The summed E-state index contributed by atoms with van der Waals surface area (Å²) in [6.07, 6.45) is 11.6. The molecule has 8 nitrogen and oxygen atoms in total. The second-order valence-electron chi connectivity index (χ2n) is 6.58. The molecule has 2 rings (SSSR count). The normalized spacial score (nSPS) is 17.5. The molecule has 0 aromatic carbocycles. The Morgan fingerprint density at radius 1 is 1.22 bits per heavy atom. The number of aliphatic imine (C=N–C) groups is 1. The van der Waals surface area contributed by atoms with Gasteiger partial charge in [0, 0.05) is 44.1 Å². The van der Waals surface area contributed by atoms with Crippen LogP contribution < -0.4 is 16.5 Å². The molecule has 1 aromatic rings. The zero-order valence-electron chi connectivity index (χ0n) is 15.9. The summed E-state index contributed by atoms with van der Waals surface area (Å²) >= 11 is 0. The number of ether oxygens (including phenoxy) is 1. The highest BCUT2D eigenvalue weighted by molar-refractivity contribution is 5.92. The van der Waals surface area contributed by atoms with Gasteiger partial charge in [0.2, 0.25) is 5.91 Å². The van der Waals surface area contributed by atoms with E-state index < -0.39 is 0 Å². The number of unbranched alkanes of at least 4 members (excludes halogenated alkanes) is 4. The van der Waals surface area contributed by atoms with E-state index in [-0.39, 0.29) is 12.2 Å². The van der Waals surface area contributed by atoms with Crippen LogP contribution in [0.4, 0.5) is 5.69 Å². The van der Waals surface area contributed by atoms with Crippen molar-refractivity contribution in [1.82, 2.24) is 10.5 Å². The highest BCUT2D eigenvalue weighted by Gasteiger charge is 2.15. The van der Waals surface area contributed by atoms with E-state index in [4.69, 9.17) is 15.3 Å². The lowest BCUT2D eigenvalue weighted by atomic mass is 10.1. The molecule has 1 aliphatic heterocycles. The molecule has 1 fully saturated rings. The fourth-order valence-corrected chi connectivity index (χ4v) is 2.74. The standard InChI is InChI=1S/C19H31N5O3/c20-19(23-16-10-13-21-14-11-16)22-12-6-3-1-2-4-8-17(25)24-27-18-9-5-7-15-26-18/h10-11,13-14,18H,1-9,12,15H2,(H,24,25)(H3,20,21,22,23). The molecule has 1 atom stereocenters. The van der Waals surface area contributed by atoms with Crippen LogP contribution >= 0.6 is 0 Å². The van der Waals surface area contributed by atoms with Gasteiger partial charge in [-0.1, -0.05) is 19.3 Å². The number of amides is 1. The molecule has 1 saturated heterocycles. The van der Waals surface area contributed by atoms with E-state index in [9.17, 15) is 4.79 Å². The topological polar surface area (TPSA) is 111 Å². The van der Waals surface area contributed by atoms with Crippen molar-refractivity contribution in [3.05, 3.63) is 24.5 Å². The van der Waals surface area contributed by atoms with E-state index in [1.54, 1.807) is 12.4 Å². The number of nitrogens with one attached hydrogen (secondary N) is 2. The maximum atomic E-state index is 11.7. The molecule has 1 amide bonds. The third-order valence-electron chi connectivity index (χ3n) is 4.24. The van der Waals surface area contributed by atoms with Crippen molar-refractivity contribution < 1.29 is 14.4 Å². The van der Waals surface area contributed by atoms with Gasteiger partial charge in [-0.05, 0) is 37.8 Å². The molecule has 2 heterocycles. The summed E-state index contributed by atoms with van der Waals surface area (Å²) < 4.78 is 5.40. The first-order valence-electron chi connectivity index (χ1n) is 9.77. The molecule has 1 unspecified atom stereocenters. The second kappa shape index (κ2) is 13.1. The molecule has 0 aliphatic carbocycles. The summed E-state index contributed by atoms with van der Waals surface area (Å²) in [4.78, 5) is 25.2. The number of pyridine rings is 1. The van der Waals surface area contributed by atoms with Crippen LogP contribution in [0.25, 0.3) is 0 Å². The van der Waals surface area contributed by atoms with Crippen LogP contribution in [0.1, 0.15) is 57.8 Å². The third-order valence-corrected chi connectivity index (χ3v) is 4.24. The maximum Gasteiger partial charge on any atom is 0.243 e. The van der Waals surface area contributed by atoms with Crippen molar-refractivity contribution in [3.8, 4) is 0 Å². The summed E-state index contributed by atoms with van der Waals surface area (Å²) in [5, 5.41) is 3.02. The average Bonchev–Trinajstić information content (AvgIpc) is 2.70. The maximum absolute atomic E-state index is 11.7. The quantitative estimate of drug-likeness (QED) is 0.237. The number of carbonyl (C=O) groups is 1. The number of rotatable bonds is 11. The molecular weight excluding hydrogens is 346 g/mol. The molecule has 1 aromatic heterocycles. The highest BCUT2D eigenvalue weighted by Crippen LogP contribution is 2.12. The number of nitrogens with two attached hydrogens (primary N) is 1. The number of carbonyl (C=O) groups excluding carboxylic acids is 1. The van der Waals surface area contributed by atoms with Crippen molar-refractivity contribution in [3.63, 3.8) is 0 Å². The summed E-state index contributed by atoms with van der Waals surface area (Å²) in [7, 11) is 0. The molecule has 150 valence electrons.